The van der Waals surface area contributed by atoms with E-state index < -0.39 is 25.9 Å². The summed E-state index contributed by atoms with van der Waals surface area (Å²) >= 11 is 0. The van der Waals surface area contributed by atoms with Crippen LogP contribution >= 0.6 is 0 Å². The zero-order valence-electron chi connectivity index (χ0n) is 13.1. The van der Waals surface area contributed by atoms with Crippen LogP contribution in [0.25, 0.3) is 0 Å². The number of nitrogens with zero attached hydrogens (tertiary/aromatic N) is 1. The molecule has 1 atom stereocenters. The Bertz CT molecular complexity index is 858. The first kappa shape index (κ1) is 17.6. The normalized spacial score (nSPS) is 12.4. The zero-order chi connectivity index (χ0) is 17.9. The van der Waals surface area contributed by atoms with Gasteiger partial charge in [0.15, 0.2) is 9.84 Å². The molecular weight excluding hydrogens is 332 g/mol. The number of rotatable bonds is 5. The number of nitro groups is 1. The minimum absolute atomic E-state index is 0.139. The first-order chi connectivity index (χ1) is 11.2. The van der Waals surface area contributed by atoms with Crippen molar-refractivity contribution >= 4 is 27.1 Å². The molecule has 2 aromatic rings. The van der Waals surface area contributed by atoms with E-state index in [1.807, 2.05) is 6.92 Å². The van der Waals surface area contributed by atoms with Gasteiger partial charge < -0.3 is 5.32 Å². The second-order valence-corrected chi connectivity index (χ2v) is 7.56. The van der Waals surface area contributed by atoms with E-state index in [-0.39, 0.29) is 10.6 Å². The van der Waals surface area contributed by atoms with Crippen LogP contribution in [-0.4, -0.2) is 24.5 Å². The van der Waals surface area contributed by atoms with Crippen molar-refractivity contribution in [3.8, 4) is 0 Å². The van der Waals surface area contributed by atoms with Crippen LogP contribution in [0, 0.1) is 17.0 Å². The van der Waals surface area contributed by atoms with Crippen molar-refractivity contribution in [1.82, 2.24) is 0 Å². The van der Waals surface area contributed by atoms with Crippen LogP contribution in [0.15, 0.2) is 53.4 Å². The summed E-state index contributed by atoms with van der Waals surface area (Å²) in [7, 11) is -3.94. The van der Waals surface area contributed by atoms with E-state index in [0.717, 1.165) is 29.8 Å². The number of non-ortho nitro benzene ring substituents is 1. The molecule has 0 unspecified atom stereocenters. The maximum absolute atomic E-state index is 12.5. The molecule has 0 bridgehead atoms. The van der Waals surface area contributed by atoms with Gasteiger partial charge in [0.1, 0.15) is 5.25 Å². The van der Waals surface area contributed by atoms with E-state index in [9.17, 15) is 23.3 Å². The highest BCUT2D eigenvalue weighted by Crippen LogP contribution is 2.21. The van der Waals surface area contributed by atoms with Crippen molar-refractivity contribution in [2.75, 3.05) is 5.32 Å². The highest BCUT2D eigenvalue weighted by atomic mass is 32.2. The van der Waals surface area contributed by atoms with Gasteiger partial charge in [-0.25, -0.2) is 8.42 Å². The molecule has 1 amide bonds. The maximum Gasteiger partial charge on any atom is 0.269 e. The fourth-order valence-corrected chi connectivity index (χ4v) is 3.25. The molecule has 0 aromatic heterocycles. The predicted octanol–water partition coefficient (Wildman–Crippen LogP) is 2.70. The van der Waals surface area contributed by atoms with Crippen LogP contribution in [-0.2, 0) is 14.6 Å². The molecule has 0 aliphatic carbocycles. The lowest BCUT2D eigenvalue weighted by molar-refractivity contribution is -0.384. The number of aryl methyl sites for hydroxylation is 1. The molecule has 0 aliphatic rings. The molecule has 0 spiro atoms. The Morgan fingerprint density at radius 1 is 1.08 bits per heavy atom. The largest absolute Gasteiger partial charge is 0.325 e. The minimum atomic E-state index is -3.94. The summed E-state index contributed by atoms with van der Waals surface area (Å²) < 4.78 is 24.9. The van der Waals surface area contributed by atoms with E-state index in [1.165, 1.54) is 6.92 Å². The number of hydrogen-bond acceptors (Lipinski definition) is 5. The molecule has 1 N–H and O–H groups in total. The molecule has 0 fully saturated rings. The van der Waals surface area contributed by atoms with Crippen molar-refractivity contribution in [3.05, 3.63) is 64.2 Å². The van der Waals surface area contributed by atoms with E-state index in [1.54, 1.807) is 24.3 Å². The second-order valence-electron chi connectivity index (χ2n) is 5.29. The molecule has 0 heterocycles. The van der Waals surface area contributed by atoms with Crippen LogP contribution in [0.2, 0.25) is 0 Å². The predicted molar refractivity (Wildman–Crippen MR) is 89.6 cm³/mol. The van der Waals surface area contributed by atoms with Gasteiger partial charge in [-0.05, 0) is 38.1 Å². The number of hydrogen-bond donors (Lipinski definition) is 1. The molecule has 24 heavy (non-hydrogen) atoms. The molecule has 0 saturated heterocycles. The van der Waals surface area contributed by atoms with E-state index >= 15 is 0 Å². The third kappa shape index (κ3) is 3.77. The van der Waals surface area contributed by atoms with Gasteiger partial charge in [0.25, 0.3) is 5.69 Å². The first-order valence-corrected chi connectivity index (χ1v) is 8.62. The van der Waals surface area contributed by atoms with E-state index in [0.29, 0.717) is 5.69 Å². The molecule has 0 saturated carbocycles. The van der Waals surface area contributed by atoms with Crippen LogP contribution in [0.5, 0.6) is 0 Å². The van der Waals surface area contributed by atoms with E-state index in [2.05, 4.69) is 5.32 Å². The van der Waals surface area contributed by atoms with Gasteiger partial charge in [0.2, 0.25) is 5.91 Å². The molecule has 2 aromatic carbocycles. The van der Waals surface area contributed by atoms with Gasteiger partial charge in [-0.1, -0.05) is 17.7 Å². The molecule has 126 valence electrons. The molecular formula is C16H16N2O5S. The number of benzene rings is 2. The lowest BCUT2D eigenvalue weighted by Gasteiger charge is -2.13. The summed E-state index contributed by atoms with van der Waals surface area (Å²) in [6, 6.07) is 11.4. The van der Waals surface area contributed by atoms with Gasteiger partial charge >= 0.3 is 0 Å². The minimum Gasteiger partial charge on any atom is -0.325 e. The maximum atomic E-state index is 12.5. The molecule has 2 rings (SSSR count). The SMILES string of the molecule is Cc1ccc(NC(=O)[C@@H](C)S(=O)(=O)c2ccc([N+](=O)[O-])cc2)cc1. The lowest BCUT2D eigenvalue weighted by Crippen LogP contribution is -2.32. The number of anilines is 1. The number of nitro benzene ring substituents is 1. The monoisotopic (exact) mass is 348 g/mol. The van der Waals surface area contributed by atoms with Gasteiger partial charge in [0.05, 0.1) is 9.82 Å². The smallest absolute Gasteiger partial charge is 0.269 e. The second kappa shape index (κ2) is 6.79. The Balaban J connectivity index is 2.19. The van der Waals surface area contributed by atoms with Crippen molar-refractivity contribution in [1.29, 1.82) is 0 Å². The standard InChI is InChI=1S/C16H16N2O5S/c1-11-3-5-13(6-4-11)17-16(19)12(2)24(22,23)15-9-7-14(8-10-15)18(20)21/h3-10,12H,1-2H3,(H,17,19)/t12-/m1/s1. The number of nitrogens with one attached hydrogen (secondary N) is 1. The summed E-state index contributed by atoms with van der Waals surface area (Å²) in [4.78, 5) is 22.1. The van der Waals surface area contributed by atoms with Crippen LogP contribution in [0.3, 0.4) is 0 Å². The number of carbonyl (C=O) groups excluding carboxylic acids is 1. The third-order valence-electron chi connectivity index (χ3n) is 3.53. The van der Waals surface area contributed by atoms with Gasteiger partial charge in [-0.3, -0.25) is 14.9 Å². The lowest BCUT2D eigenvalue weighted by atomic mass is 10.2. The fourth-order valence-electron chi connectivity index (χ4n) is 1.98. The summed E-state index contributed by atoms with van der Waals surface area (Å²) in [6.45, 7) is 3.17. The highest BCUT2D eigenvalue weighted by Gasteiger charge is 2.30. The summed E-state index contributed by atoms with van der Waals surface area (Å²) in [6.07, 6.45) is 0. The molecule has 8 heteroatoms. The number of sulfone groups is 1. The van der Waals surface area contributed by atoms with E-state index in [4.69, 9.17) is 0 Å². The Kier molecular flexibility index (Phi) is 4.99. The Morgan fingerprint density at radius 2 is 1.62 bits per heavy atom. The van der Waals surface area contributed by atoms with Crippen LogP contribution in [0.4, 0.5) is 11.4 Å². The molecule has 0 radical (unpaired) electrons. The fraction of sp³-hybridized carbons (Fsp3) is 0.188. The summed E-state index contributed by atoms with van der Waals surface area (Å²) in [5.41, 5.74) is 1.29. The number of amides is 1. The third-order valence-corrected chi connectivity index (χ3v) is 5.60. The quantitative estimate of drug-likeness (QED) is 0.660. The topological polar surface area (TPSA) is 106 Å². The van der Waals surface area contributed by atoms with Gasteiger partial charge in [-0.2, -0.15) is 0 Å². The molecule has 0 aliphatic heterocycles. The van der Waals surface area contributed by atoms with Gasteiger partial charge in [0, 0.05) is 17.8 Å². The Morgan fingerprint density at radius 3 is 2.12 bits per heavy atom. The van der Waals surface area contributed by atoms with Crippen molar-refractivity contribution < 1.29 is 18.1 Å². The average Bonchev–Trinajstić information content (AvgIpc) is 2.56. The zero-order valence-corrected chi connectivity index (χ0v) is 13.9. The van der Waals surface area contributed by atoms with Crippen LogP contribution < -0.4 is 5.32 Å². The summed E-state index contributed by atoms with van der Waals surface area (Å²) in [5, 5.41) is 11.8. The van der Waals surface area contributed by atoms with Crippen molar-refractivity contribution in [3.63, 3.8) is 0 Å². The number of carbonyl (C=O) groups is 1. The van der Waals surface area contributed by atoms with Crippen LogP contribution in [0.1, 0.15) is 12.5 Å². The summed E-state index contributed by atoms with van der Waals surface area (Å²) in [5.74, 6) is -0.669. The first-order valence-electron chi connectivity index (χ1n) is 7.07. The van der Waals surface area contributed by atoms with Crippen molar-refractivity contribution in [2.45, 2.75) is 24.0 Å². The molecule has 7 nitrogen and oxygen atoms in total. The highest BCUT2D eigenvalue weighted by molar-refractivity contribution is 7.92. The van der Waals surface area contributed by atoms with Gasteiger partial charge in [-0.15, -0.1) is 0 Å². The average molecular weight is 348 g/mol. The Hall–Kier alpha value is -2.74. The Labute approximate surface area is 139 Å². The van der Waals surface area contributed by atoms with Crippen molar-refractivity contribution in [2.24, 2.45) is 0 Å².